The van der Waals surface area contributed by atoms with Gasteiger partial charge in [0.05, 0.1) is 6.61 Å². The van der Waals surface area contributed by atoms with Crippen LogP contribution >= 0.6 is 0 Å². The van der Waals surface area contributed by atoms with Crippen molar-refractivity contribution in [1.82, 2.24) is 4.90 Å². The number of nitrogens with zero attached hydrogens (tertiary/aromatic N) is 1. The molecule has 158 valence electrons. The molecular formula is C22H41NO4. The van der Waals surface area contributed by atoms with E-state index in [0.717, 1.165) is 32.5 Å². The van der Waals surface area contributed by atoms with Gasteiger partial charge in [0.1, 0.15) is 6.61 Å². The Hall–Kier alpha value is -1.62. The Labute approximate surface area is 166 Å². The van der Waals surface area contributed by atoms with Crippen molar-refractivity contribution in [2.75, 3.05) is 32.8 Å². The van der Waals surface area contributed by atoms with Crippen molar-refractivity contribution in [2.24, 2.45) is 5.92 Å². The summed E-state index contributed by atoms with van der Waals surface area (Å²) in [6.45, 7) is 22.6. The normalized spacial score (nSPS) is 11.2. The van der Waals surface area contributed by atoms with E-state index in [2.05, 4.69) is 45.8 Å². The van der Waals surface area contributed by atoms with Gasteiger partial charge >= 0.3 is 11.9 Å². The fraction of sp³-hybridized carbons (Fsp3) is 0.727. The molecule has 27 heavy (non-hydrogen) atoms. The van der Waals surface area contributed by atoms with Crippen LogP contribution in [0.4, 0.5) is 0 Å². The highest BCUT2D eigenvalue weighted by Gasteiger charge is 2.09. The lowest BCUT2D eigenvalue weighted by Crippen LogP contribution is -2.27. The Kier molecular flexibility index (Phi) is 18.2. The highest BCUT2D eigenvalue weighted by Crippen LogP contribution is 2.13. The van der Waals surface area contributed by atoms with Crippen molar-refractivity contribution >= 4 is 11.9 Å². The molecule has 0 spiro atoms. The Bertz CT molecular complexity index is 442. The van der Waals surface area contributed by atoms with Gasteiger partial charge in [-0.15, -0.1) is 0 Å². The van der Waals surface area contributed by atoms with Crippen LogP contribution in [0.3, 0.4) is 0 Å². The molecule has 5 heteroatoms. The smallest absolute Gasteiger partial charge is 0.333 e. The molecule has 0 aliphatic heterocycles. The molecule has 0 aromatic heterocycles. The Balaban J connectivity index is 0. The van der Waals surface area contributed by atoms with Gasteiger partial charge in [0, 0.05) is 17.7 Å². The third-order valence-electron chi connectivity index (χ3n) is 4.23. The zero-order valence-corrected chi connectivity index (χ0v) is 18.4. The van der Waals surface area contributed by atoms with E-state index >= 15 is 0 Å². The highest BCUT2D eigenvalue weighted by molar-refractivity contribution is 5.87. The molecule has 0 aliphatic carbocycles. The molecular weight excluding hydrogens is 342 g/mol. The molecule has 1 unspecified atom stereocenters. The molecule has 0 aromatic rings. The van der Waals surface area contributed by atoms with Crippen molar-refractivity contribution < 1.29 is 19.1 Å². The number of carbonyl (C=O) groups is 2. The van der Waals surface area contributed by atoms with Gasteiger partial charge in [-0.2, -0.15) is 0 Å². The molecule has 0 bridgehead atoms. The molecule has 0 saturated carbocycles. The van der Waals surface area contributed by atoms with Crippen LogP contribution in [0.5, 0.6) is 0 Å². The first kappa shape index (κ1) is 27.6. The van der Waals surface area contributed by atoms with E-state index in [-0.39, 0.29) is 11.9 Å². The van der Waals surface area contributed by atoms with Gasteiger partial charge in [-0.25, -0.2) is 9.59 Å². The van der Waals surface area contributed by atoms with Gasteiger partial charge in [0.25, 0.3) is 0 Å². The molecule has 0 radical (unpaired) electrons. The van der Waals surface area contributed by atoms with Crippen LogP contribution in [0.1, 0.15) is 67.2 Å². The summed E-state index contributed by atoms with van der Waals surface area (Å²) in [4.78, 5) is 24.3. The quantitative estimate of drug-likeness (QED) is 0.339. The monoisotopic (exact) mass is 383 g/mol. The van der Waals surface area contributed by atoms with Crippen LogP contribution in [-0.4, -0.2) is 49.7 Å². The molecule has 0 heterocycles. The maximum absolute atomic E-state index is 11.1. The summed E-state index contributed by atoms with van der Waals surface area (Å²) in [5.74, 6) is -0.0506. The van der Waals surface area contributed by atoms with Crippen molar-refractivity contribution in [3.05, 3.63) is 24.3 Å². The summed E-state index contributed by atoms with van der Waals surface area (Å²) in [6.07, 6.45) is 4.63. The van der Waals surface area contributed by atoms with E-state index < -0.39 is 0 Å². The molecule has 1 atom stereocenters. The summed E-state index contributed by atoms with van der Waals surface area (Å²) >= 11 is 0. The SMILES string of the molecule is C=C(C)C(=O)OCC(CC)CCCC.C=C(C)C(=O)OCCN(CC)CC. The van der Waals surface area contributed by atoms with Gasteiger partial charge < -0.3 is 14.4 Å². The van der Waals surface area contributed by atoms with Crippen molar-refractivity contribution in [3.63, 3.8) is 0 Å². The van der Waals surface area contributed by atoms with E-state index in [1.54, 1.807) is 13.8 Å². The first-order valence-electron chi connectivity index (χ1n) is 10.1. The molecule has 0 saturated heterocycles. The summed E-state index contributed by atoms with van der Waals surface area (Å²) < 4.78 is 10.1. The Morgan fingerprint density at radius 1 is 0.926 bits per heavy atom. The maximum Gasteiger partial charge on any atom is 0.333 e. The minimum atomic E-state index is -0.299. The third-order valence-corrected chi connectivity index (χ3v) is 4.23. The van der Waals surface area contributed by atoms with E-state index in [1.807, 2.05) is 0 Å². The van der Waals surface area contributed by atoms with Gasteiger partial charge in [-0.05, 0) is 39.3 Å². The second kappa shape index (κ2) is 17.8. The van der Waals surface area contributed by atoms with E-state index in [1.165, 1.54) is 12.8 Å². The van der Waals surface area contributed by atoms with Crippen LogP contribution in [0.2, 0.25) is 0 Å². The average Bonchev–Trinajstić information content (AvgIpc) is 2.65. The average molecular weight is 384 g/mol. The first-order chi connectivity index (χ1) is 12.7. The maximum atomic E-state index is 11.1. The predicted octanol–water partition coefficient (Wildman–Crippen LogP) is 4.77. The molecule has 0 amide bonds. The number of carbonyl (C=O) groups excluding carboxylic acids is 2. The summed E-state index contributed by atoms with van der Waals surface area (Å²) in [7, 11) is 0. The van der Waals surface area contributed by atoms with E-state index in [4.69, 9.17) is 9.47 Å². The Morgan fingerprint density at radius 3 is 1.85 bits per heavy atom. The highest BCUT2D eigenvalue weighted by atomic mass is 16.5. The minimum Gasteiger partial charge on any atom is -0.462 e. The standard InChI is InChI=1S/C12H22O2.C10H19NO2/c1-5-7-8-11(6-2)9-14-12(13)10(3)4;1-5-11(6-2)7-8-13-10(12)9(3)4/h11H,3,5-9H2,1-2,4H3;3,5-8H2,1-2,4H3. The fourth-order valence-corrected chi connectivity index (χ4v) is 2.15. The third kappa shape index (κ3) is 16.3. The zero-order chi connectivity index (χ0) is 21.2. The summed E-state index contributed by atoms with van der Waals surface area (Å²) in [5, 5.41) is 0. The number of hydrogen-bond acceptors (Lipinski definition) is 5. The molecule has 0 N–H and O–H groups in total. The van der Waals surface area contributed by atoms with Crippen molar-refractivity contribution in [3.8, 4) is 0 Å². The van der Waals surface area contributed by atoms with Crippen LogP contribution in [0, 0.1) is 5.92 Å². The number of esters is 2. The van der Waals surface area contributed by atoms with Crippen molar-refractivity contribution in [1.29, 1.82) is 0 Å². The zero-order valence-electron chi connectivity index (χ0n) is 18.4. The molecule has 0 rings (SSSR count). The lowest BCUT2D eigenvalue weighted by atomic mass is 10.0. The number of ether oxygens (including phenoxy) is 2. The lowest BCUT2D eigenvalue weighted by Gasteiger charge is -2.17. The van der Waals surface area contributed by atoms with E-state index in [9.17, 15) is 9.59 Å². The first-order valence-corrected chi connectivity index (χ1v) is 10.1. The number of rotatable bonds is 13. The second-order valence-corrected chi connectivity index (χ2v) is 6.74. The van der Waals surface area contributed by atoms with E-state index in [0.29, 0.717) is 30.3 Å². The van der Waals surface area contributed by atoms with Crippen molar-refractivity contribution in [2.45, 2.75) is 67.2 Å². The number of unbranched alkanes of at least 4 members (excludes halogenated alkanes) is 1. The minimum absolute atomic E-state index is 0.264. The number of hydrogen-bond donors (Lipinski definition) is 0. The molecule has 0 aromatic carbocycles. The molecule has 0 fully saturated rings. The molecule has 5 nitrogen and oxygen atoms in total. The van der Waals surface area contributed by atoms with Crippen LogP contribution in [0.15, 0.2) is 24.3 Å². The second-order valence-electron chi connectivity index (χ2n) is 6.74. The van der Waals surface area contributed by atoms with Crippen LogP contribution in [0.25, 0.3) is 0 Å². The predicted molar refractivity (Wildman–Crippen MR) is 113 cm³/mol. The van der Waals surface area contributed by atoms with Crippen LogP contribution < -0.4 is 0 Å². The molecule has 0 aliphatic rings. The fourth-order valence-electron chi connectivity index (χ4n) is 2.15. The Morgan fingerprint density at radius 2 is 1.44 bits per heavy atom. The summed E-state index contributed by atoms with van der Waals surface area (Å²) in [6, 6.07) is 0. The number of likely N-dealkylation sites (N-methyl/N-ethyl adjacent to an activating group) is 1. The van der Waals surface area contributed by atoms with Gasteiger partial charge in [0.2, 0.25) is 0 Å². The van der Waals surface area contributed by atoms with Crippen LogP contribution in [-0.2, 0) is 19.1 Å². The van der Waals surface area contributed by atoms with Gasteiger partial charge in [-0.3, -0.25) is 0 Å². The van der Waals surface area contributed by atoms with Gasteiger partial charge in [-0.1, -0.05) is 60.1 Å². The largest absolute Gasteiger partial charge is 0.462 e. The summed E-state index contributed by atoms with van der Waals surface area (Å²) in [5.41, 5.74) is 0.940. The topological polar surface area (TPSA) is 55.8 Å². The van der Waals surface area contributed by atoms with Gasteiger partial charge in [0.15, 0.2) is 0 Å². The lowest BCUT2D eigenvalue weighted by molar-refractivity contribution is -0.140.